The summed E-state index contributed by atoms with van der Waals surface area (Å²) in [7, 11) is 0. The second kappa shape index (κ2) is 8.11. The van der Waals surface area contributed by atoms with E-state index in [1.807, 2.05) is 13.0 Å². The molecular weight excluding hydrogens is 330 g/mol. The number of carbonyl (C=O) groups excluding carboxylic acids is 1. The summed E-state index contributed by atoms with van der Waals surface area (Å²) in [5.74, 6) is 1.48. The summed E-state index contributed by atoms with van der Waals surface area (Å²) < 4.78 is 0. The number of piperidine rings is 1. The van der Waals surface area contributed by atoms with Crippen LogP contribution in [-0.4, -0.2) is 28.9 Å². The first-order valence-corrected chi connectivity index (χ1v) is 9.88. The number of carbonyl (C=O) groups is 1. The Morgan fingerprint density at radius 1 is 1.24 bits per heavy atom. The molecule has 0 spiro atoms. The molecule has 1 fully saturated rings. The van der Waals surface area contributed by atoms with Crippen LogP contribution in [0.4, 0.5) is 0 Å². The summed E-state index contributed by atoms with van der Waals surface area (Å²) in [6.45, 7) is 10.4. The van der Waals surface area contributed by atoms with Gasteiger partial charge in [0.1, 0.15) is 4.88 Å². The van der Waals surface area contributed by atoms with Crippen LogP contribution in [0.1, 0.15) is 46.8 Å². The van der Waals surface area contributed by atoms with Gasteiger partial charge in [0.25, 0.3) is 5.91 Å². The first kappa shape index (κ1) is 18.1. The second-order valence-electron chi connectivity index (χ2n) is 7.36. The molecule has 0 unspecified atom stereocenters. The molecule has 1 N–H and O–H groups in total. The molecule has 1 saturated heterocycles. The first-order chi connectivity index (χ1) is 12.0. The van der Waals surface area contributed by atoms with Crippen molar-refractivity contribution in [2.24, 2.45) is 11.8 Å². The normalized spacial score (nSPS) is 21.2. The number of rotatable bonds is 5. The Morgan fingerprint density at radius 2 is 1.92 bits per heavy atom. The summed E-state index contributed by atoms with van der Waals surface area (Å²) in [5, 5.41) is 3.05. The van der Waals surface area contributed by atoms with Crippen LogP contribution in [-0.2, 0) is 13.1 Å². The Hall–Kier alpha value is -1.72. The largest absolute Gasteiger partial charge is 0.347 e. The molecule has 4 nitrogen and oxygen atoms in total. The van der Waals surface area contributed by atoms with E-state index < -0.39 is 0 Å². The van der Waals surface area contributed by atoms with Crippen LogP contribution in [0.3, 0.4) is 0 Å². The van der Waals surface area contributed by atoms with Gasteiger partial charge in [-0.3, -0.25) is 9.69 Å². The Balaban J connectivity index is 1.65. The van der Waals surface area contributed by atoms with E-state index in [9.17, 15) is 4.79 Å². The minimum Gasteiger partial charge on any atom is -0.347 e. The van der Waals surface area contributed by atoms with Crippen molar-refractivity contribution in [1.29, 1.82) is 0 Å². The molecule has 1 amide bonds. The van der Waals surface area contributed by atoms with Gasteiger partial charge in [0.2, 0.25) is 0 Å². The van der Waals surface area contributed by atoms with E-state index in [0.717, 1.165) is 37.2 Å². The molecule has 25 heavy (non-hydrogen) atoms. The summed E-state index contributed by atoms with van der Waals surface area (Å²) in [4.78, 5) is 19.7. The smallest absolute Gasteiger partial charge is 0.263 e. The van der Waals surface area contributed by atoms with E-state index in [2.05, 4.69) is 47.2 Å². The van der Waals surface area contributed by atoms with Gasteiger partial charge in [-0.15, -0.1) is 11.3 Å². The van der Waals surface area contributed by atoms with E-state index >= 15 is 0 Å². The number of nitrogens with one attached hydrogen (secondary N) is 1. The molecule has 5 heteroatoms. The Morgan fingerprint density at radius 3 is 2.56 bits per heavy atom. The van der Waals surface area contributed by atoms with E-state index in [0.29, 0.717) is 11.4 Å². The van der Waals surface area contributed by atoms with E-state index in [4.69, 9.17) is 0 Å². The van der Waals surface area contributed by atoms with Crippen molar-refractivity contribution >= 4 is 17.2 Å². The zero-order chi connectivity index (χ0) is 17.8. The molecule has 1 aliphatic heterocycles. The fraction of sp³-hybridized carbons (Fsp3) is 0.500. The summed E-state index contributed by atoms with van der Waals surface area (Å²) in [5.41, 5.74) is 5.03. The minimum absolute atomic E-state index is 0.0324. The quantitative estimate of drug-likeness (QED) is 0.884. The van der Waals surface area contributed by atoms with Crippen LogP contribution in [0.2, 0.25) is 0 Å². The highest BCUT2D eigenvalue weighted by atomic mass is 32.1. The van der Waals surface area contributed by atoms with Crippen LogP contribution in [0.5, 0.6) is 0 Å². The number of nitrogens with zero attached hydrogens (tertiary/aromatic N) is 2. The van der Waals surface area contributed by atoms with Gasteiger partial charge in [-0.1, -0.05) is 38.1 Å². The summed E-state index contributed by atoms with van der Waals surface area (Å²) >= 11 is 1.39. The molecule has 1 aromatic carbocycles. The molecule has 3 rings (SSSR count). The Labute approximate surface area is 154 Å². The van der Waals surface area contributed by atoms with Crippen molar-refractivity contribution in [3.63, 3.8) is 0 Å². The van der Waals surface area contributed by atoms with Crippen LogP contribution in [0.25, 0.3) is 0 Å². The summed E-state index contributed by atoms with van der Waals surface area (Å²) in [6, 6.07) is 8.44. The number of hydrogen-bond donors (Lipinski definition) is 1. The maximum Gasteiger partial charge on any atom is 0.263 e. The fourth-order valence-corrected chi connectivity index (χ4v) is 4.54. The van der Waals surface area contributed by atoms with Crippen LogP contribution >= 0.6 is 11.3 Å². The molecule has 134 valence electrons. The highest BCUT2D eigenvalue weighted by molar-refractivity contribution is 7.11. The number of amides is 1. The van der Waals surface area contributed by atoms with E-state index in [1.54, 1.807) is 5.51 Å². The van der Waals surface area contributed by atoms with Crippen LogP contribution < -0.4 is 5.32 Å². The van der Waals surface area contributed by atoms with Crippen molar-refractivity contribution in [3.8, 4) is 0 Å². The van der Waals surface area contributed by atoms with Crippen molar-refractivity contribution in [1.82, 2.24) is 15.2 Å². The topological polar surface area (TPSA) is 45.2 Å². The molecule has 1 aliphatic rings. The third-order valence-electron chi connectivity index (χ3n) is 4.85. The van der Waals surface area contributed by atoms with Gasteiger partial charge in [0, 0.05) is 26.2 Å². The lowest BCUT2D eigenvalue weighted by molar-refractivity contribution is 0.0954. The number of aromatic nitrogens is 1. The van der Waals surface area contributed by atoms with Crippen molar-refractivity contribution < 1.29 is 4.79 Å². The molecule has 0 bridgehead atoms. The number of likely N-dealkylation sites (tertiary alicyclic amines) is 1. The van der Waals surface area contributed by atoms with Gasteiger partial charge in [-0.2, -0.15) is 0 Å². The second-order valence-corrected chi connectivity index (χ2v) is 8.21. The zero-order valence-electron chi connectivity index (χ0n) is 15.3. The van der Waals surface area contributed by atoms with Crippen LogP contribution in [0.15, 0.2) is 29.8 Å². The molecule has 2 heterocycles. The predicted molar refractivity (Wildman–Crippen MR) is 103 cm³/mol. The number of benzene rings is 1. The highest BCUT2D eigenvalue weighted by Crippen LogP contribution is 2.23. The number of aryl methyl sites for hydroxylation is 1. The standard InChI is InChI=1S/C20H27N3OS/c1-14-8-15(2)11-23(10-14)12-18-7-5-4-6-17(18)9-21-20(24)19-16(3)22-13-25-19/h4-7,13-15H,8-12H2,1-3H3,(H,21,24)/t14-,15+. The first-order valence-electron chi connectivity index (χ1n) is 9.00. The van der Waals surface area contributed by atoms with Crippen LogP contribution in [0, 0.1) is 18.8 Å². The molecule has 2 atom stereocenters. The molecule has 2 aromatic rings. The van der Waals surface area contributed by atoms with Gasteiger partial charge in [-0.05, 0) is 36.3 Å². The lowest BCUT2D eigenvalue weighted by Crippen LogP contribution is -2.38. The van der Waals surface area contributed by atoms with Gasteiger partial charge in [0.15, 0.2) is 0 Å². The van der Waals surface area contributed by atoms with Crippen molar-refractivity contribution in [2.75, 3.05) is 13.1 Å². The SMILES string of the molecule is Cc1ncsc1C(=O)NCc1ccccc1CN1C[C@H](C)C[C@H](C)C1. The summed E-state index contributed by atoms with van der Waals surface area (Å²) in [6.07, 6.45) is 1.32. The van der Waals surface area contributed by atoms with Gasteiger partial charge in [-0.25, -0.2) is 4.98 Å². The molecule has 1 aromatic heterocycles. The fourth-order valence-electron chi connectivity index (χ4n) is 3.82. The molecule has 0 radical (unpaired) electrons. The molecule has 0 aliphatic carbocycles. The van der Waals surface area contributed by atoms with Crippen molar-refractivity contribution in [2.45, 2.75) is 40.3 Å². The van der Waals surface area contributed by atoms with Crippen molar-refractivity contribution in [3.05, 3.63) is 51.5 Å². The average molecular weight is 358 g/mol. The minimum atomic E-state index is -0.0324. The third-order valence-corrected chi connectivity index (χ3v) is 5.78. The molecular formula is C20H27N3OS. The third kappa shape index (κ3) is 4.67. The Bertz CT molecular complexity index is 717. The van der Waals surface area contributed by atoms with Gasteiger partial charge >= 0.3 is 0 Å². The number of hydrogen-bond acceptors (Lipinski definition) is 4. The number of thiazole rings is 1. The molecule has 0 saturated carbocycles. The average Bonchev–Trinajstić information content (AvgIpc) is 2.99. The lowest BCUT2D eigenvalue weighted by Gasteiger charge is -2.35. The lowest BCUT2D eigenvalue weighted by atomic mass is 9.91. The van der Waals surface area contributed by atoms with Gasteiger partial charge in [0.05, 0.1) is 11.2 Å². The zero-order valence-corrected chi connectivity index (χ0v) is 16.1. The predicted octanol–water partition coefficient (Wildman–Crippen LogP) is 3.86. The van der Waals surface area contributed by atoms with E-state index in [-0.39, 0.29) is 5.91 Å². The maximum absolute atomic E-state index is 12.3. The monoisotopic (exact) mass is 357 g/mol. The highest BCUT2D eigenvalue weighted by Gasteiger charge is 2.22. The van der Waals surface area contributed by atoms with E-state index in [1.165, 1.54) is 28.9 Å². The Kier molecular flexibility index (Phi) is 5.86. The maximum atomic E-state index is 12.3. The van der Waals surface area contributed by atoms with Gasteiger partial charge < -0.3 is 5.32 Å².